The van der Waals surface area contributed by atoms with Crippen molar-refractivity contribution in [3.8, 4) is 0 Å². The van der Waals surface area contributed by atoms with E-state index >= 15 is 0 Å². The van der Waals surface area contributed by atoms with Gasteiger partial charge in [-0.1, -0.05) is 13.8 Å². The lowest BCUT2D eigenvalue weighted by atomic mass is 10.5. The summed E-state index contributed by atoms with van der Waals surface area (Å²) >= 11 is 2.07. The quantitative estimate of drug-likeness (QED) is 0.636. The van der Waals surface area contributed by atoms with Crippen LogP contribution in [0.4, 0.5) is 0 Å². The number of hydrogen-bond acceptors (Lipinski definition) is 3. The summed E-state index contributed by atoms with van der Waals surface area (Å²) in [5, 5.41) is 4.91. The Kier molecular flexibility index (Phi) is 4.26. The second-order valence-corrected chi connectivity index (χ2v) is 3.93. The molecule has 3 heteroatoms. The van der Waals surface area contributed by atoms with Gasteiger partial charge in [-0.3, -0.25) is 0 Å². The first-order valence-electron chi connectivity index (χ1n) is 4.46. The van der Waals surface area contributed by atoms with Crippen LogP contribution in [0, 0.1) is 0 Å². The maximum absolute atomic E-state index is 2.48. The van der Waals surface area contributed by atoms with Crippen LogP contribution in [0.2, 0.25) is 0 Å². The zero-order valence-electron chi connectivity index (χ0n) is 7.55. The summed E-state index contributed by atoms with van der Waals surface area (Å²) in [6.45, 7) is 9.25. The summed E-state index contributed by atoms with van der Waals surface area (Å²) in [5.74, 6) is 2.60. The number of thioether (sulfide) groups is 1. The van der Waals surface area contributed by atoms with E-state index in [1.807, 2.05) is 0 Å². The zero-order valence-corrected chi connectivity index (χ0v) is 8.36. The summed E-state index contributed by atoms with van der Waals surface area (Å²) in [6.07, 6.45) is 0. The van der Waals surface area contributed by atoms with E-state index in [4.69, 9.17) is 0 Å². The lowest BCUT2D eigenvalue weighted by Crippen LogP contribution is -2.46. The van der Waals surface area contributed by atoms with Crippen molar-refractivity contribution < 1.29 is 0 Å². The van der Waals surface area contributed by atoms with Gasteiger partial charge in [0.05, 0.1) is 0 Å². The fourth-order valence-electron chi connectivity index (χ4n) is 1.46. The first-order chi connectivity index (χ1) is 5.38. The van der Waals surface area contributed by atoms with Crippen molar-refractivity contribution in [2.24, 2.45) is 0 Å². The molecule has 66 valence electrons. The smallest absolute Gasteiger partial charge is 0.0224 e. The third kappa shape index (κ3) is 2.65. The van der Waals surface area contributed by atoms with Gasteiger partial charge in [-0.2, -0.15) is 11.8 Å². The Labute approximate surface area is 73.9 Å². The molecule has 0 aromatic heterocycles. The highest BCUT2D eigenvalue weighted by Crippen LogP contribution is 2.10. The molecule has 1 fully saturated rings. The van der Waals surface area contributed by atoms with E-state index in [0.29, 0.717) is 0 Å². The molecule has 0 amide bonds. The van der Waals surface area contributed by atoms with E-state index in [0.717, 1.165) is 13.1 Å². The molecule has 0 spiro atoms. The van der Waals surface area contributed by atoms with Crippen LogP contribution in [-0.2, 0) is 0 Å². The molecule has 1 saturated heterocycles. The summed E-state index contributed by atoms with van der Waals surface area (Å²) in [6, 6.07) is 0. The van der Waals surface area contributed by atoms with Crippen molar-refractivity contribution >= 4 is 11.8 Å². The van der Waals surface area contributed by atoms with Crippen LogP contribution in [-0.4, -0.2) is 47.7 Å². The van der Waals surface area contributed by atoms with Gasteiger partial charge in [-0.15, -0.1) is 0 Å². The topological polar surface area (TPSA) is 6.48 Å². The van der Waals surface area contributed by atoms with Gasteiger partial charge >= 0.3 is 0 Å². The summed E-state index contributed by atoms with van der Waals surface area (Å²) in [7, 11) is 0. The Balaban J connectivity index is 2.30. The van der Waals surface area contributed by atoms with E-state index in [2.05, 4.69) is 35.6 Å². The van der Waals surface area contributed by atoms with Crippen LogP contribution in [0.5, 0.6) is 0 Å². The molecule has 0 saturated carbocycles. The van der Waals surface area contributed by atoms with E-state index < -0.39 is 0 Å². The van der Waals surface area contributed by atoms with Crippen molar-refractivity contribution in [2.75, 3.05) is 37.7 Å². The monoisotopic (exact) mass is 174 g/mol. The van der Waals surface area contributed by atoms with Crippen LogP contribution >= 0.6 is 11.8 Å². The molecule has 0 radical (unpaired) electrons. The fourth-order valence-corrected chi connectivity index (χ4v) is 2.34. The maximum Gasteiger partial charge on any atom is 0.0224 e. The van der Waals surface area contributed by atoms with Gasteiger partial charge in [0.1, 0.15) is 0 Å². The van der Waals surface area contributed by atoms with Crippen LogP contribution in [0.15, 0.2) is 0 Å². The van der Waals surface area contributed by atoms with Crippen molar-refractivity contribution in [3.63, 3.8) is 0 Å². The number of hydrogen-bond donors (Lipinski definition) is 0. The molecule has 0 unspecified atom stereocenters. The van der Waals surface area contributed by atoms with Crippen molar-refractivity contribution in [1.29, 1.82) is 0 Å². The Hall–Kier alpha value is 0.270. The number of nitrogens with zero attached hydrogens (tertiary/aromatic N) is 2. The third-order valence-corrected chi connectivity index (χ3v) is 3.06. The van der Waals surface area contributed by atoms with Crippen LogP contribution in [0.3, 0.4) is 0 Å². The molecule has 1 aliphatic rings. The van der Waals surface area contributed by atoms with E-state index in [9.17, 15) is 0 Å². The van der Waals surface area contributed by atoms with Gasteiger partial charge in [-0.25, -0.2) is 10.0 Å². The second kappa shape index (κ2) is 5.01. The Morgan fingerprint density at radius 1 is 1.18 bits per heavy atom. The highest BCUT2D eigenvalue weighted by molar-refractivity contribution is 7.99. The highest BCUT2D eigenvalue weighted by atomic mass is 32.2. The maximum atomic E-state index is 2.48. The zero-order chi connectivity index (χ0) is 8.10. The van der Waals surface area contributed by atoms with Gasteiger partial charge in [0, 0.05) is 37.7 Å². The first-order valence-corrected chi connectivity index (χ1v) is 5.61. The van der Waals surface area contributed by atoms with Gasteiger partial charge in [0.25, 0.3) is 0 Å². The normalized spacial score (nSPS) is 21.0. The third-order valence-electron chi connectivity index (χ3n) is 2.12. The predicted octanol–water partition coefficient (Wildman–Crippen LogP) is 1.29. The molecule has 0 aliphatic carbocycles. The lowest BCUT2D eigenvalue weighted by Gasteiger charge is -2.35. The highest BCUT2D eigenvalue weighted by Gasteiger charge is 2.14. The van der Waals surface area contributed by atoms with Gasteiger partial charge in [-0.05, 0) is 0 Å². The summed E-state index contributed by atoms with van der Waals surface area (Å²) in [5.41, 5.74) is 0. The minimum atomic E-state index is 1.15. The molecular formula is C8H18N2S. The SMILES string of the molecule is CCN(CC)N1CCSCC1. The van der Waals surface area contributed by atoms with E-state index in [1.54, 1.807) is 0 Å². The molecule has 0 atom stereocenters. The molecule has 0 aromatic carbocycles. The van der Waals surface area contributed by atoms with E-state index in [-0.39, 0.29) is 0 Å². The molecule has 1 rings (SSSR count). The minimum absolute atomic E-state index is 1.15. The standard InChI is InChI=1S/C8H18N2S/c1-3-9(4-2)10-5-7-11-8-6-10/h3-8H2,1-2H3. The fraction of sp³-hybridized carbons (Fsp3) is 1.00. The molecule has 0 aromatic rings. The number of hydrazine groups is 1. The van der Waals surface area contributed by atoms with Crippen LogP contribution in [0.25, 0.3) is 0 Å². The molecule has 0 N–H and O–H groups in total. The number of rotatable bonds is 3. The predicted molar refractivity (Wildman–Crippen MR) is 51.8 cm³/mol. The lowest BCUT2D eigenvalue weighted by molar-refractivity contribution is -0.00678. The second-order valence-electron chi connectivity index (χ2n) is 2.70. The van der Waals surface area contributed by atoms with Gasteiger partial charge in [0.15, 0.2) is 0 Å². The van der Waals surface area contributed by atoms with Crippen molar-refractivity contribution in [3.05, 3.63) is 0 Å². The molecule has 1 heterocycles. The summed E-state index contributed by atoms with van der Waals surface area (Å²) < 4.78 is 0. The molecule has 11 heavy (non-hydrogen) atoms. The van der Waals surface area contributed by atoms with Gasteiger partial charge < -0.3 is 0 Å². The Morgan fingerprint density at radius 2 is 1.73 bits per heavy atom. The Bertz CT molecular complexity index is 98.3. The van der Waals surface area contributed by atoms with Crippen LogP contribution in [0.1, 0.15) is 13.8 Å². The van der Waals surface area contributed by atoms with Gasteiger partial charge in [0.2, 0.25) is 0 Å². The van der Waals surface area contributed by atoms with Crippen LogP contribution < -0.4 is 0 Å². The molecular weight excluding hydrogens is 156 g/mol. The molecule has 2 nitrogen and oxygen atoms in total. The van der Waals surface area contributed by atoms with Crippen molar-refractivity contribution in [1.82, 2.24) is 10.0 Å². The molecule has 1 aliphatic heterocycles. The average Bonchev–Trinajstić information content (AvgIpc) is 2.09. The largest absolute Gasteiger partial charge is 0.242 e. The molecule has 0 bridgehead atoms. The first kappa shape index (κ1) is 9.36. The average molecular weight is 174 g/mol. The Morgan fingerprint density at radius 3 is 2.18 bits per heavy atom. The summed E-state index contributed by atoms with van der Waals surface area (Å²) in [4.78, 5) is 0. The minimum Gasteiger partial charge on any atom is -0.242 e. The van der Waals surface area contributed by atoms with Crippen molar-refractivity contribution in [2.45, 2.75) is 13.8 Å². The van der Waals surface area contributed by atoms with E-state index in [1.165, 1.54) is 24.6 Å².